The number of aromatic nitrogens is 2. The normalized spacial score (nSPS) is 11.0. The lowest BCUT2D eigenvalue weighted by molar-refractivity contribution is 0.584. The summed E-state index contributed by atoms with van der Waals surface area (Å²) >= 11 is 0. The summed E-state index contributed by atoms with van der Waals surface area (Å²) in [6.45, 7) is 6.41. The van der Waals surface area contributed by atoms with Crippen LogP contribution in [0, 0.1) is 6.92 Å². The number of hydrogen-bond acceptors (Lipinski definition) is 3. The molecule has 1 heterocycles. The van der Waals surface area contributed by atoms with Crippen molar-refractivity contribution in [3.63, 3.8) is 0 Å². The third-order valence-electron chi connectivity index (χ3n) is 3.55. The highest BCUT2D eigenvalue weighted by atomic mass is 16.4. The van der Waals surface area contributed by atoms with E-state index in [0.717, 1.165) is 11.1 Å². The predicted octanol–water partition coefficient (Wildman–Crippen LogP) is 4.84. The van der Waals surface area contributed by atoms with Crippen molar-refractivity contribution >= 4 is 0 Å². The number of nitrogens with zero attached hydrogens (tertiary/aromatic N) is 2. The molecule has 0 aliphatic carbocycles. The van der Waals surface area contributed by atoms with Crippen molar-refractivity contribution in [3.8, 4) is 22.9 Å². The fourth-order valence-electron chi connectivity index (χ4n) is 2.16. The van der Waals surface area contributed by atoms with E-state index in [0.29, 0.717) is 17.7 Å². The van der Waals surface area contributed by atoms with E-state index in [4.69, 9.17) is 4.42 Å². The minimum absolute atomic E-state index is 0.518. The second-order valence-electron chi connectivity index (χ2n) is 5.56. The summed E-state index contributed by atoms with van der Waals surface area (Å²) < 4.78 is 5.77. The van der Waals surface area contributed by atoms with Gasteiger partial charge in [0.15, 0.2) is 0 Å². The van der Waals surface area contributed by atoms with Crippen LogP contribution in [0.25, 0.3) is 22.9 Å². The topological polar surface area (TPSA) is 38.9 Å². The van der Waals surface area contributed by atoms with Crippen molar-refractivity contribution in [1.29, 1.82) is 0 Å². The Labute approximate surface area is 124 Å². The molecule has 0 amide bonds. The van der Waals surface area contributed by atoms with E-state index in [2.05, 4.69) is 43.1 Å². The summed E-state index contributed by atoms with van der Waals surface area (Å²) in [5.41, 5.74) is 4.41. The van der Waals surface area contributed by atoms with E-state index in [1.165, 1.54) is 11.1 Å². The standard InChI is InChI=1S/C18H18N2O/c1-12(2)14-8-10-16(11-9-14)18-20-19-17(21-18)15-6-4-13(3)5-7-15/h4-12H,1-3H3. The maximum Gasteiger partial charge on any atom is 0.248 e. The van der Waals surface area contributed by atoms with E-state index in [1.54, 1.807) is 0 Å². The molecule has 0 atom stereocenters. The minimum Gasteiger partial charge on any atom is -0.416 e. The molecule has 3 heteroatoms. The Kier molecular flexibility index (Phi) is 3.57. The summed E-state index contributed by atoms with van der Waals surface area (Å²) in [4.78, 5) is 0. The summed E-state index contributed by atoms with van der Waals surface area (Å²) in [5.74, 6) is 1.63. The Morgan fingerprint density at radius 3 is 1.71 bits per heavy atom. The van der Waals surface area contributed by atoms with Crippen LogP contribution in [-0.4, -0.2) is 10.2 Å². The van der Waals surface area contributed by atoms with E-state index in [9.17, 15) is 0 Å². The number of aryl methyl sites for hydroxylation is 1. The van der Waals surface area contributed by atoms with Gasteiger partial charge in [-0.05, 0) is 42.7 Å². The smallest absolute Gasteiger partial charge is 0.248 e. The second-order valence-corrected chi connectivity index (χ2v) is 5.56. The molecule has 0 unspecified atom stereocenters. The van der Waals surface area contributed by atoms with Gasteiger partial charge < -0.3 is 4.42 Å². The molecule has 2 aromatic carbocycles. The van der Waals surface area contributed by atoms with Crippen LogP contribution >= 0.6 is 0 Å². The van der Waals surface area contributed by atoms with Gasteiger partial charge in [-0.25, -0.2) is 0 Å². The molecule has 0 spiro atoms. The lowest BCUT2D eigenvalue weighted by Gasteiger charge is -2.04. The highest BCUT2D eigenvalue weighted by molar-refractivity contribution is 5.58. The zero-order chi connectivity index (χ0) is 14.8. The first kappa shape index (κ1) is 13.6. The molecule has 0 fully saturated rings. The van der Waals surface area contributed by atoms with Gasteiger partial charge in [0.2, 0.25) is 11.8 Å². The highest BCUT2D eigenvalue weighted by Crippen LogP contribution is 2.25. The molecule has 21 heavy (non-hydrogen) atoms. The first-order valence-electron chi connectivity index (χ1n) is 7.14. The molecule has 106 valence electrons. The maximum atomic E-state index is 5.77. The van der Waals surface area contributed by atoms with Gasteiger partial charge in [-0.2, -0.15) is 0 Å². The van der Waals surface area contributed by atoms with Crippen LogP contribution < -0.4 is 0 Å². The number of benzene rings is 2. The van der Waals surface area contributed by atoms with Crippen LogP contribution in [0.5, 0.6) is 0 Å². The van der Waals surface area contributed by atoms with Gasteiger partial charge in [0.05, 0.1) is 0 Å². The lowest BCUT2D eigenvalue weighted by Crippen LogP contribution is -1.86. The average Bonchev–Trinajstić information content (AvgIpc) is 2.98. The van der Waals surface area contributed by atoms with Crippen LogP contribution in [0.2, 0.25) is 0 Å². The summed E-state index contributed by atoms with van der Waals surface area (Å²) in [6, 6.07) is 16.3. The molecule has 3 aromatic rings. The molecule has 3 nitrogen and oxygen atoms in total. The van der Waals surface area contributed by atoms with Crippen molar-refractivity contribution in [1.82, 2.24) is 10.2 Å². The molecule has 0 radical (unpaired) electrons. The SMILES string of the molecule is Cc1ccc(-c2nnc(-c3ccc(C(C)C)cc3)o2)cc1. The summed E-state index contributed by atoms with van der Waals surface area (Å²) in [5, 5.41) is 8.28. The monoisotopic (exact) mass is 278 g/mol. The minimum atomic E-state index is 0.518. The second kappa shape index (κ2) is 5.52. The predicted molar refractivity (Wildman–Crippen MR) is 84.0 cm³/mol. The molecule has 0 saturated heterocycles. The van der Waals surface area contributed by atoms with E-state index >= 15 is 0 Å². The Morgan fingerprint density at radius 1 is 0.762 bits per heavy atom. The van der Waals surface area contributed by atoms with Gasteiger partial charge in [-0.15, -0.1) is 10.2 Å². The summed E-state index contributed by atoms with van der Waals surface area (Å²) in [6.07, 6.45) is 0. The molecule has 0 N–H and O–H groups in total. The van der Waals surface area contributed by atoms with Gasteiger partial charge in [-0.1, -0.05) is 43.7 Å². The van der Waals surface area contributed by atoms with Gasteiger partial charge >= 0.3 is 0 Å². The van der Waals surface area contributed by atoms with Crippen LogP contribution in [0.3, 0.4) is 0 Å². The van der Waals surface area contributed by atoms with Crippen LogP contribution in [0.15, 0.2) is 52.9 Å². The third-order valence-corrected chi connectivity index (χ3v) is 3.55. The van der Waals surface area contributed by atoms with E-state index in [-0.39, 0.29) is 0 Å². The Balaban J connectivity index is 1.89. The van der Waals surface area contributed by atoms with E-state index < -0.39 is 0 Å². The molecule has 0 aliphatic heterocycles. The zero-order valence-electron chi connectivity index (χ0n) is 12.5. The largest absolute Gasteiger partial charge is 0.416 e. The molecule has 1 aromatic heterocycles. The Morgan fingerprint density at radius 2 is 1.24 bits per heavy atom. The zero-order valence-corrected chi connectivity index (χ0v) is 12.5. The first-order valence-corrected chi connectivity index (χ1v) is 7.14. The molecule has 0 aliphatic rings. The number of hydrogen-bond donors (Lipinski definition) is 0. The number of rotatable bonds is 3. The van der Waals surface area contributed by atoms with Crippen molar-refractivity contribution in [2.24, 2.45) is 0 Å². The highest BCUT2D eigenvalue weighted by Gasteiger charge is 2.10. The van der Waals surface area contributed by atoms with E-state index in [1.807, 2.05) is 36.4 Å². The third kappa shape index (κ3) is 2.87. The van der Waals surface area contributed by atoms with Crippen LogP contribution in [0.1, 0.15) is 30.9 Å². The Bertz CT molecular complexity index is 725. The molecule has 3 rings (SSSR count). The maximum absolute atomic E-state index is 5.77. The van der Waals surface area contributed by atoms with Gasteiger partial charge in [-0.3, -0.25) is 0 Å². The van der Waals surface area contributed by atoms with Gasteiger partial charge in [0, 0.05) is 11.1 Å². The van der Waals surface area contributed by atoms with Gasteiger partial charge in [0.25, 0.3) is 0 Å². The lowest BCUT2D eigenvalue weighted by atomic mass is 10.0. The van der Waals surface area contributed by atoms with Crippen LogP contribution in [-0.2, 0) is 0 Å². The van der Waals surface area contributed by atoms with Crippen molar-refractivity contribution in [2.45, 2.75) is 26.7 Å². The average molecular weight is 278 g/mol. The quantitative estimate of drug-likeness (QED) is 0.688. The molecular formula is C18H18N2O. The Hall–Kier alpha value is -2.42. The molecular weight excluding hydrogens is 260 g/mol. The first-order chi connectivity index (χ1) is 10.1. The fraction of sp³-hybridized carbons (Fsp3) is 0.222. The molecule has 0 bridgehead atoms. The fourth-order valence-corrected chi connectivity index (χ4v) is 2.16. The van der Waals surface area contributed by atoms with Crippen molar-refractivity contribution < 1.29 is 4.42 Å². The van der Waals surface area contributed by atoms with Crippen molar-refractivity contribution in [2.75, 3.05) is 0 Å². The van der Waals surface area contributed by atoms with Gasteiger partial charge in [0.1, 0.15) is 0 Å². The molecule has 0 saturated carbocycles. The van der Waals surface area contributed by atoms with Crippen molar-refractivity contribution in [3.05, 3.63) is 59.7 Å². The summed E-state index contributed by atoms with van der Waals surface area (Å²) in [7, 11) is 0. The van der Waals surface area contributed by atoms with Crippen LogP contribution in [0.4, 0.5) is 0 Å².